The van der Waals surface area contributed by atoms with Crippen LogP contribution in [0.25, 0.3) is 0 Å². The molecule has 1 aliphatic carbocycles. The van der Waals surface area contributed by atoms with Crippen LogP contribution in [0.1, 0.15) is 39.0 Å². The molecular weight excluding hydrogens is 152 g/mol. The van der Waals surface area contributed by atoms with Gasteiger partial charge in [-0.3, -0.25) is 4.79 Å². The van der Waals surface area contributed by atoms with E-state index in [-0.39, 0.29) is 0 Å². The smallest absolute Gasteiger partial charge is 0.227 e. The number of nitrogens with one attached hydrogen (secondary N) is 1. The first kappa shape index (κ1) is 9.23. The number of hydrogen-bond acceptors (Lipinski definition) is 2. The number of rotatable bonds is 3. The summed E-state index contributed by atoms with van der Waals surface area (Å²) in [6.45, 7) is 1.99. The van der Waals surface area contributed by atoms with Gasteiger partial charge < -0.3 is 0 Å². The molecule has 3 heteroatoms. The molecule has 1 aliphatic rings. The molecule has 0 aromatic rings. The van der Waals surface area contributed by atoms with Gasteiger partial charge in [-0.2, -0.15) is 5.10 Å². The van der Waals surface area contributed by atoms with Gasteiger partial charge in [0.1, 0.15) is 0 Å². The maximum absolute atomic E-state index is 9.97. The minimum atomic E-state index is 0.603. The highest BCUT2D eigenvalue weighted by molar-refractivity contribution is 5.84. The number of amides is 1. The number of hydrazone groups is 1. The van der Waals surface area contributed by atoms with Crippen LogP contribution in [-0.4, -0.2) is 12.1 Å². The molecule has 3 nitrogen and oxygen atoms in total. The predicted molar refractivity (Wildman–Crippen MR) is 48.9 cm³/mol. The summed E-state index contributed by atoms with van der Waals surface area (Å²) in [5.74, 6) is 0.603. The molecule has 0 saturated heterocycles. The van der Waals surface area contributed by atoms with Gasteiger partial charge in [0.05, 0.1) is 0 Å². The van der Waals surface area contributed by atoms with Gasteiger partial charge in [0.15, 0.2) is 0 Å². The van der Waals surface area contributed by atoms with Crippen molar-refractivity contribution in [2.75, 3.05) is 0 Å². The van der Waals surface area contributed by atoms with Crippen LogP contribution in [0, 0.1) is 5.92 Å². The SMILES string of the molecule is C/C(=N\NC=O)C1CCCCC1. The predicted octanol–water partition coefficient (Wildman–Crippen LogP) is 1.69. The third-order valence-electron chi connectivity index (χ3n) is 2.49. The lowest BCUT2D eigenvalue weighted by molar-refractivity contribution is -0.109. The fourth-order valence-corrected chi connectivity index (χ4v) is 1.74. The lowest BCUT2D eigenvalue weighted by Gasteiger charge is -2.20. The van der Waals surface area contributed by atoms with Crippen molar-refractivity contribution in [2.45, 2.75) is 39.0 Å². The van der Waals surface area contributed by atoms with E-state index in [0.29, 0.717) is 12.3 Å². The minimum Gasteiger partial charge on any atom is -0.277 e. The zero-order valence-corrected chi connectivity index (χ0v) is 7.55. The molecule has 0 bridgehead atoms. The topological polar surface area (TPSA) is 41.5 Å². The zero-order chi connectivity index (χ0) is 8.81. The molecule has 0 aromatic carbocycles. The molecule has 1 amide bonds. The Kier molecular flexibility index (Phi) is 3.77. The zero-order valence-electron chi connectivity index (χ0n) is 7.55. The van der Waals surface area contributed by atoms with Crippen molar-refractivity contribution in [2.24, 2.45) is 11.0 Å². The monoisotopic (exact) mass is 168 g/mol. The Morgan fingerprint density at radius 1 is 1.42 bits per heavy atom. The summed E-state index contributed by atoms with van der Waals surface area (Å²) in [7, 11) is 0. The van der Waals surface area contributed by atoms with Crippen molar-refractivity contribution < 1.29 is 4.79 Å². The Morgan fingerprint density at radius 3 is 2.67 bits per heavy atom. The van der Waals surface area contributed by atoms with Crippen molar-refractivity contribution in [3.8, 4) is 0 Å². The summed E-state index contributed by atoms with van der Waals surface area (Å²) in [4.78, 5) is 9.97. The first-order valence-corrected chi connectivity index (χ1v) is 4.58. The normalized spacial score (nSPS) is 20.6. The van der Waals surface area contributed by atoms with E-state index >= 15 is 0 Å². The van der Waals surface area contributed by atoms with Crippen LogP contribution in [0.5, 0.6) is 0 Å². The van der Waals surface area contributed by atoms with Gasteiger partial charge in [0, 0.05) is 5.71 Å². The summed E-state index contributed by atoms with van der Waals surface area (Å²) in [5.41, 5.74) is 3.42. The molecule has 0 aliphatic heterocycles. The Balaban J connectivity index is 2.38. The fourth-order valence-electron chi connectivity index (χ4n) is 1.74. The van der Waals surface area contributed by atoms with Crippen molar-refractivity contribution in [1.29, 1.82) is 0 Å². The second kappa shape index (κ2) is 4.91. The molecule has 0 heterocycles. The van der Waals surface area contributed by atoms with Crippen LogP contribution in [0.4, 0.5) is 0 Å². The van der Waals surface area contributed by atoms with Crippen LogP contribution in [0.3, 0.4) is 0 Å². The number of nitrogens with zero attached hydrogens (tertiary/aromatic N) is 1. The van der Waals surface area contributed by atoms with Gasteiger partial charge in [-0.05, 0) is 25.7 Å². The Morgan fingerprint density at radius 2 is 2.08 bits per heavy atom. The second-order valence-electron chi connectivity index (χ2n) is 3.34. The van der Waals surface area contributed by atoms with E-state index in [4.69, 9.17) is 0 Å². The van der Waals surface area contributed by atoms with Gasteiger partial charge in [-0.15, -0.1) is 0 Å². The largest absolute Gasteiger partial charge is 0.277 e. The third kappa shape index (κ3) is 2.64. The molecule has 1 fully saturated rings. The molecular formula is C9H16N2O. The molecule has 68 valence electrons. The molecule has 0 aromatic heterocycles. The molecule has 0 spiro atoms. The molecule has 12 heavy (non-hydrogen) atoms. The maximum atomic E-state index is 9.97. The highest BCUT2D eigenvalue weighted by Gasteiger charge is 2.15. The maximum Gasteiger partial charge on any atom is 0.227 e. The van der Waals surface area contributed by atoms with Gasteiger partial charge in [0.25, 0.3) is 0 Å². The summed E-state index contributed by atoms with van der Waals surface area (Å²) in [6.07, 6.45) is 7.04. The van der Waals surface area contributed by atoms with Crippen LogP contribution >= 0.6 is 0 Å². The Hall–Kier alpha value is -0.860. The summed E-state index contributed by atoms with van der Waals surface area (Å²) >= 11 is 0. The van der Waals surface area contributed by atoms with E-state index in [0.717, 1.165) is 5.71 Å². The molecule has 1 rings (SSSR count). The highest BCUT2D eigenvalue weighted by Crippen LogP contribution is 2.24. The highest BCUT2D eigenvalue weighted by atomic mass is 16.1. The van der Waals surface area contributed by atoms with Crippen LogP contribution in [0.15, 0.2) is 5.10 Å². The number of carbonyl (C=O) groups is 1. The first-order valence-electron chi connectivity index (χ1n) is 4.58. The van der Waals surface area contributed by atoms with E-state index in [1.54, 1.807) is 0 Å². The van der Waals surface area contributed by atoms with E-state index < -0.39 is 0 Å². The average Bonchev–Trinajstić information content (AvgIpc) is 2.15. The standard InChI is InChI=1S/C9H16N2O/c1-8(11-10-7-12)9-5-3-2-4-6-9/h7,9H,2-6H2,1H3,(H,10,12)/b11-8+. The van der Waals surface area contributed by atoms with E-state index in [9.17, 15) is 4.79 Å². The van der Waals surface area contributed by atoms with Crippen molar-refractivity contribution in [3.63, 3.8) is 0 Å². The van der Waals surface area contributed by atoms with Gasteiger partial charge in [-0.25, -0.2) is 5.43 Å². The quantitative estimate of drug-likeness (QED) is 0.389. The van der Waals surface area contributed by atoms with E-state index in [1.165, 1.54) is 32.1 Å². The summed E-state index contributed by atoms with van der Waals surface area (Å²) in [5, 5.41) is 3.96. The molecule has 0 unspecified atom stereocenters. The Bertz CT molecular complexity index is 171. The lowest BCUT2D eigenvalue weighted by atomic mass is 9.86. The molecule has 1 saturated carbocycles. The van der Waals surface area contributed by atoms with E-state index in [1.807, 2.05) is 6.92 Å². The third-order valence-corrected chi connectivity index (χ3v) is 2.49. The molecule has 1 N–H and O–H groups in total. The average molecular weight is 168 g/mol. The fraction of sp³-hybridized carbons (Fsp3) is 0.778. The van der Waals surface area contributed by atoms with Gasteiger partial charge in [0.2, 0.25) is 6.41 Å². The van der Waals surface area contributed by atoms with Gasteiger partial charge >= 0.3 is 0 Å². The van der Waals surface area contributed by atoms with Crippen molar-refractivity contribution >= 4 is 12.1 Å². The Labute approximate surface area is 73.2 Å². The van der Waals surface area contributed by atoms with Crippen LogP contribution < -0.4 is 5.43 Å². The minimum absolute atomic E-state index is 0.603. The van der Waals surface area contributed by atoms with E-state index in [2.05, 4.69) is 10.5 Å². The molecule has 0 radical (unpaired) electrons. The van der Waals surface area contributed by atoms with Crippen LogP contribution in [-0.2, 0) is 4.79 Å². The number of hydrogen-bond donors (Lipinski definition) is 1. The second-order valence-corrected chi connectivity index (χ2v) is 3.34. The number of carbonyl (C=O) groups excluding carboxylic acids is 1. The molecule has 0 atom stereocenters. The summed E-state index contributed by atoms with van der Waals surface area (Å²) < 4.78 is 0. The lowest BCUT2D eigenvalue weighted by Crippen LogP contribution is -2.18. The van der Waals surface area contributed by atoms with Crippen molar-refractivity contribution in [3.05, 3.63) is 0 Å². The van der Waals surface area contributed by atoms with Crippen molar-refractivity contribution in [1.82, 2.24) is 5.43 Å². The first-order chi connectivity index (χ1) is 5.84. The van der Waals surface area contributed by atoms with Gasteiger partial charge in [-0.1, -0.05) is 19.3 Å². The van der Waals surface area contributed by atoms with Crippen LogP contribution in [0.2, 0.25) is 0 Å². The summed E-state index contributed by atoms with van der Waals surface area (Å²) in [6, 6.07) is 0.